The molecule has 7 nitrogen and oxygen atoms in total. The van der Waals surface area contributed by atoms with E-state index in [1.165, 1.54) is 16.6 Å². The quantitative estimate of drug-likeness (QED) is 0.196. The highest BCUT2D eigenvalue weighted by Gasteiger charge is 2.25. The van der Waals surface area contributed by atoms with Crippen molar-refractivity contribution >= 4 is 38.9 Å². The Morgan fingerprint density at radius 3 is 2.30 bits per heavy atom. The Morgan fingerprint density at radius 1 is 0.717 bits per heavy atom. The van der Waals surface area contributed by atoms with Gasteiger partial charge in [0.2, 0.25) is 5.88 Å². The number of aromatic nitrogens is 4. The number of anilines is 3. The van der Waals surface area contributed by atoms with E-state index < -0.39 is 0 Å². The van der Waals surface area contributed by atoms with Gasteiger partial charge in [-0.2, -0.15) is 0 Å². The number of hydrogen-bond donors (Lipinski definition) is 0. The van der Waals surface area contributed by atoms with Crippen LogP contribution >= 0.6 is 0 Å². The number of fused-ring (bicyclic) bond motifs is 4. The molecule has 0 atom stereocenters. The van der Waals surface area contributed by atoms with Crippen LogP contribution in [0.3, 0.4) is 0 Å². The summed E-state index contributed by atoms with van der Waals surface area (Å²) in [5.74, 6) is 2.10. The van der Waals surface area contributed by atoms with Gasteiger partial charge >= 0.3 is 0 Å². The summed E-state index contributed by atoms with van der Waals surface area (Å²) in [4.78, 5) is 18.6. The van der Waals surface area contributed by atoms with E-state index >= 15 is 0 Å². The predicted octanol–water partition coefficient (Wildman–Crippen LogP) is 9.27. The van der Waals surface area contributed by atoms with Crippen LogP contribution in [0, 0.1) is 0 Å². The number of hydrogen-bond acceptors (Lipinski definition) is 6. The van der Waals surface area contributed by atoms with Gasteiger partial charge in [0, 0.05) is 54.1 Å². The first kappa shape index (κ1) is 27.8. The zero-order valence-corrected chi connectivity index (χ0v) is 26.3. The summed E-state index contributed by atoms with van der Waals surface area (Å²) >= 11 is 0. The molecular formula is C39H34N6O. The van der Waals surface area contributed by atoms with Gasteiger partial charge in [-0.1, -0.05) is 51.1 Å². The Kier molecular flexibility index (Phi) is 6.49. The molecule has 0 N–H and O–H groups in total. The van der Waals surface area contributed by atoms with Crippen molar-refractivity contribution in [2.24, 2.45) is 0 Å². The molecular weight excluding hydrogens is 568 g/mol. The highest BCUT2D eigenvalue weighted by Crippen LogP contribution is 2.42. The minimum absolute atomic E-state index is 0.00140. The van der Waals surface area contributed by atoms with Crippen molar-refractivity contribution in [2.45, 2.75) is 26.2 Å². The molecule has 0 amide bonds. The van der Waals surface area contributed by atoms with Crippen LogP contribution in [0.15, 0.2) is 122 Å². The largest absolute Gasteiger partial charge is 0.439 e. The smallest absolute Gasteiger partial charge is 0.221 e. The first-order chi connectivity index (χ1) is 22.3. The van der Waals surface area contributed by atoms with Gasteiger partial charge < -0.3 is 14.5 Å². The zero-order valence-electron chi connectivity index (χ0n) is 26.3. The van der Waals surface area contributed by atoms with Crippen LogP contribution in [0.5, 0.6) is 11.6 Å². The molecule has 0 bridgehead atoms. The van der Waals surface area contributed by atoms with E-state index in [2.05, 4.69) is 126 Å². The van der Waals surface area contributed by atoms with Crippen molar-refractivity contribution in [2.75, 3.05) is 23.5 Å². The lowest BCUT2D eigenvalue weighted by Gasteiger charge is -2.21. The summed E-state index contributed by atoms with van der Waals surface area (Å²) in [6.45, 7) is 7.41. The van der Waals surface area contributed by atoms with E-state index in [1.807, 2.05) is 30.5 Å². The Morgan fingerprint density at radius 2 is 1.48 bits per heavy atom. The molecule has 0 saturated heterocycles. The maximum absolute atomic E-state index is 6.63. The van der Waals surface area contributed by atoms with Crippen molar-refractivity contribution in [3.8, 4) is 28.7 Å². The number of pyridine rings is 3. The van der Waals surface area contributed by atoms with E-state index in [0.29, 0.717) is 11.6 Å². The Bertz CT molecular complexity index is 2230. The molecule has 0 saturated carbocycles. The van der Waals surface area contributed by atoms with Gasteiger partial charge in [0.05, 0.1) is 40.5 Å². The molecule has 46 heavy (non-hydrogen) atoms. The van der Waals surface area contributed by atoms with Crippen LogP contribution in [-0.4, -0.2) is 33.2 Å². The molecule has 226 valence electrons. The fourth-order valence-electron chi connectivity index (χ4n) is 6.36. The fourth-order valence-corrected chi connectivity index (χ4v) is 6.36. The van der Waals surface area contributed by atoms with Crippen LogP contribution in [-0.2, 0) is 5.41 Å². The Labute approximate surface area is 268 Å². The molecule has 0 unspecified atom stereocenters. The molecule has 3 aromatic carbocycles. The van der Waals surface area contributed by atoms with Crippen LogP contribution in [0.25, 0.3) is 38.9 Å². The fraction of sp³-hybridized carbons (Fsp3) is 0.154. The van der Waals surface area contributed by atoms with Crippen LogP contribution in [0.4, 0.5) is 17.1 Å². The number of nitrogens with zero attached hydrogens (tertiary/aromatic N) is 6. The Balaban J connectivity index is 1.26. The van der Waals surface area contributed by atoms with E-state index in [0.717, 1.165) is 51.5 Å². The maximum Gasteiger partial charge on any atom is 0.221 e. The standard InChI is InChI=1S/C39H34N6O/c1-39(2,3)27-17-20-41-37(21-27)45-33-10-6-5-9-30(33)31-14-13-29(24-36(31)45)46-38-23-28(22-32(42-38)26-15-18-40-19-16-26)44-25-43(4)34-11-7-8-12-35(34)44/h5-24H,25H2,1-4H3. The molecule has 0 aliphatic carbocycles. The molecule has 8 rings (SSSR count). The van der Waals surface area contributed by atoms with Crippen LogP contribution in [0.1, 0.15) is 26.3 Å². The van der Waals surface area contributed by atoms with Crippen LogP contribution < -0.4 is 14.5 Å². The minimum atomic E-state index is -0.00140. The second-order valence-electron chi connectivity index (χ2n) is 12.8. The topological polar surface area (TPSA) is 59.3 Å². The number of para-hydroxylation sites is 3. The normalized spacial score (nSPS) is 13.0. The Hall–Kier alpha value is -5.69. The lowest BCUT2D eigenvalue weighted by atomic mass is 9.88. The first-order valence-electron chi connectivity index (χ1n) is 15.5. The van der Waals surface area contributed by atoms with E-state index in [1.54, 1.807) is 12.4 Å². The predicted molar refractivity (Wildman–Crippen MR) is 187 cm³/mol. The van der Waals surface area contributed by atoms with Crippen molar-refractivity contribution in [1.82, 2.24) is 19.5 Å². The summed E-state index contributed by atoms with van der Waals surface area (Å²) in [5.41, 5.74) is 8.50. The van der Waals surface area contributed by atoms with Gasteiger partial charge in [-0.3, -0.25) is 9.55 Å². The molecule has 7 heteroatoms. The molecule has 0 spiro atoms. The average molecular weight is 603 g/mol. The van der Waals surface area contributed by atoms with E-state index in [4.69, 9.17) is 14.7 Å². The lowest BCUT2D eigenvalue weighted by Crippen LogP contribution is -2.24. The summed E-state index contributed by atoms with van der Waals surface area (Å²) in [7, 11) is 2.11. The highest BCUT2D eigenvalue weighted by molar-refractivity contribution is 6.09. The van der Waals surface area contributed by atoms with Gasteiger partial charge in [0.25, 0.3) is 0 Å². The van der Waals surface area contributed by atoms with Crippen LogP contribution in [0.2, 0.25) is 0 Å². The van der Waals surface area contributed by atoms with Crippen molar-refractivity contribution in [1.29, 1.82) is 0 Å². The van der Waals surface area contributed by atoms with Gasteiger partial charge in [-0.25, -0.2) is 9.97 Å². The third-order valence-electron chi connectivity index (χ3n) is 8.72. The van der Waals surface area contributed by atoms with E-state index in [-0.39, 0.29) is 5.41 Å². The first-order valence-corrected chi connectivity index (χ1v) is 15.5. The van der Waals surface area contributed by atoms with Crippen molar-refractivity contribution in [3.63, 3.8) is 0 Å². The maximum atomic E-state index is 6.63. The third kappa shape index (κ3) is 4.81. The lowest BCUT2D eigenvalue weighted by molar-refractivity contribution is 0.464. The van der Waals surface area contributed by atoms with Gasteiger partial charge in [-0.05, 0) is 71.6 Å². The summed E-state index contributed by atoms with van der Waals surface area (Å²) < 4.78 is 8.86. The van der Waals surface area contributed by atoms with Crippen molar-refractivity contribution < 1.29 is 4.74 Å². The summed E-state index contributed by atoms with van der Waals surface area (Å²) in [6.07, 6.45) is 5.48. The third-order valence-corrected chi connectivity index (χ3v) is 8.72. The molecule has 1 aliphatic heterocycles. The summed E-state index contributed by atoms with van der Waals surface area (Å²) in [6, 6.07) is 35.6. The van der Waals surface area contributed by atoms with E-state index in [9.17, 15) is 0 Å². The highest BCUT2D eigenvalue weighted by atomic mass is 16.5. The van der Waals surface area contributed by atoms with Gasteiger partial charge in [0.1, 0.15) is 11.6 Å². The number of benzene rings is 3. The van der Waals surface area contributed by atoms with Gasteiger partial charge in [0.15, 0.2) is 0 Å². The number of ether oxygens (including phenoxy) is 1. The second-order valence-corrected chi connectivity index (χ2v) is 12.8. The molecule has 5 heterocycles. The van der Waals surface area contributed by atoms with Gasteiger partial charge in [-0.15, -0.1) is 0 Å². The number of rotatable bonds is 5. The zero-order chi connectivity index (χ0) is 31.4. The second kappa shape index (κ2) is 10.7. The molecule has 4 aromatic heterocycles. The monoisotopic (exact) mass is 602 g/mol. The minimum Gasteiger partial charge on any atom is -0.439 e. The SMILES string of the molecule is CN1CN(c2cc(Oc3ccc4c5ccccc5n(-c5cc(C(C)(C)C)ccn5)c4c3)nc(-c3ccncc3)c2)c2ccccc21. The average Bonchev–Trinajstić information content (AvgIpc) is 3.59. The van der Waals surface area contributed by atoms with Crippen molar-refractivity contribution in [3.05, 3.63) is 127 Å². The summed E-state index contributed by atoms with van der Waals surface area (Å²) in [5, 5.41) is 2.31. The molecule has 0 fully saturated rings. The molecule has 0 radical (unpaired) electrons. The molecule has 1 aliphatic rings. The molecule has 7 aromatic rings.